The van der Waals surface area contributed by atoms with E-state index < -0.39 is 5.91 Å². The molecule has 0 heterocycles. The third kappa shape index (κ3) is 3.79. The second-order valence-electron chi connectivity index (χ2n) is 4.68. The molecular formula is C17H17N3O2. The summed E-state index contributed by atoms with van der Waals surface area (Å²) in [5.74, 6) is -0.715. The van der Waals surface area contributed by atoms with E-state index >= 15 is 0 Å². The number of nitrogens with zero attached hydrogens (tertiary/aromatic N) is 2. The van der Waals surface area contributed by atoms with Crippen molar-refractivity contribution >= 4 is 17.4 Å². The van der Waals surface area contributed by atoms with Crippen LogP contribution in [0.15, 0.2) is 70.5 Å². The van der Waals surface area contributed by atoms with Crippen molar-refractivity contribution in [3.05, 3.63) is 71.4 Å². The maximum Gasteiger partial charge on any atom is 0.275 e. The van der Waals surface area contributed by atoms with Gasteiger partial charge in [-0.05, 0) is 19.1 Å². The summed E-state index contributed by atoms with van der Waals surface area (Å²) in [7, 11) is 1.47. The SMILES string of the molecule is CNC(=O)/C(N=Nc1ccc(C)cc1)=C(/O)c1ccccc1. The molecule has 0 aliphatic carbocycles. The molecule has 2 aromatic rings. The molecule has 0 atom stereocenters. The molecule has 2 aromatic carbocycles. The van der Waals surface area contributed by atoms with E-state index in [0.717, 1.165) is 5.56 Å². The van der Waals surface area contributed by atoms with Gasteiger partial charge in [-0.25, -0.2) is 0 Å². The number of azo groups is 1. The van der Waals surface area contributed by atoms with Gasteiger partial charge in [-0.1, -0.05) is 48.0 Å². The molecule has 22 heavy (non-hydrogen) atoms. The third-order valence-corrected chi connectivity index (χ3v) is 3.01. The number of benzene rings is 2. The molecule has 0 bridgehead atoms. The van der Waals surface area contributed by atoms with E-state index in [1.54, 1.807) is 36.4 Å². The number of rotatable bonds is 4. The highest BCUT2D eigenvalue weighted by molar-refractivity contribution is 5.99. The van der Waals surface area contributed by atoms with Gasteiger partial charge in [0.25, 0.3) is 5.91 Å². The molecule has 0 aliphatic rings. The van der Waals surface area contributed by atoms with E-state index in [-0.39, 0.29) is 11.5 Å². The number of hydrogen-bond donors (Lipinski definition) is 2. The minimum Gasteiger partial charge on any atom is -0.505 e. The second kappa shape index (κ2) is 7.17. The predicted molar refractivity (Wildman–Crippen MR) is 85.8 cm³/mol. The first-order chi connectivity index (χ1) is 10.6. The van der Waals surface area contributed by atoms with Gasteiger partial charge >= 0.3 is 0 Å². The molecule has 5 nitrogen and oxygen atoms in total. The Kier molecular flexibility index (Phi) is 5.03. The Labute approximate surface area is 129 Å². The number of carbonyl (C=O) groups excluding carboxylic acids is 1. The summed E-state index contributed by atoms with van der Waals surface area (Å²) in [5, 5.41) is 20.6. The molecular weight excluding hydrogens is 278 g/mol. The molecule has 5 heteroatoms. The van der Waals surface area contributed by atoms with Crippen LogP contribution in [0.2, 0.25) is 0 Å². The van der Waals surface area contributed by atoms with Crippen molar-refractivity contribution in [2.75, 3.05) is 7.05 Å². The monoisotopic (exact) mass is 295 g/mol. The van der Waals surface area contributed by atoms with Gasteiger partial charge in [-0.15, -0.1) is 5.11 Å². The van der Waals surface area contributed by atoms with E-state index in [1.165, 1.54) is 7.05 Å². The first-order valence-corrected chi connectivity index (χ1v) is 6.81. The fourth-order valence-corrected chi connectivity index (χ4v) is 1.77. The molecule has 1 amide bonds. The van der Waals surface area contributed by atoms with Crippen molar-refractivity contribution in [3.8, 4) is 0 Å². The molecule has 112 valence electrons. The van der Waals surface area contributed by atoms with Gasteiger partial charge in [0.1, 0.15) is 0 Å². The Balaban J connectivity index is 2.38. The largest absolute Gasteiger partial charge is 0.505 e. The van der Waals surface area contributed by atoms with E-state index in [9.17, 15) is 9.90 Å². The lowest BCUT2D eigenvalue weighted by Crippen LogP contribution is -2.20. The van der Waals surface area contributed by atoms with Gasteiger partial charge in [0.2, 0.25) is 0 Å². The minimum atomic E-state index is -0.503. The number of nitrogens with one attached hydrogen (secondary N) is 1. The second-order valence-corrected chi connectivity index (χ2v) is 4.68. The highest BCUT2D eigenvalue weighted by Crippen LogP contribution is 2.20. The van der Waals surface area contributed by atoms with Crippen molar-refractivity contribution in [1.29, 1.82) is 0 Å². The van der Waals surface area contributed by atoms with E-state index in [0.29, 0.717) is 11.3 Å². The van der Waals surface area contributed by atoms with Crippen molar-refractivity contribution in [2.24, 2.45) is 10.2 Å². The summed E-state index contributed by atoms with van der Waals surface area (Å²) in [6.45, 7) is 1.97. The van der Waals surface area contributed by atoms with Crippen LogP contribution in [-0.4, -0.2) is 18.1 Å². The van der Waals surface area contributed by atoms with Crippen LogP contribution in [0.1, 0.15) is 11.1 Å². The number of likely N-dealkylation sites (N-methyl/N-ethyl adjacent to an activating group) is 1. The Hall–Kier alpha value is -2.95. The van der Waals surface area contributed by atoms with Crippen molar-refractivity contribution in [2.45, 2.75) is 6.92 Å². The van der Waals surface area contributed by atoms with Crippen molar-refractivity contribution in [3.63, 3.8) is 0 Å². The molecule has 0 spiro atoms. The van der Waals surface area contributed by atoms with Gasteiger partial charge in [0.15, 0.2) is 11.5 Å². The first kappa shape index (κ1) is 15.4. The van der Waals surface area contributed by atoms with Gasteiger partial charge in [-0.2, -0.15) is 5.11 Å². The highest BCUT2D eigenvalue weighted by Gasteiger charge is 2.15. The third-order valence-electron chi connectivity index (χ3n) is 3.01. The lowest BCUT2D eigenvalue weighted by atomic mass is 10.1. The molecule has 2 rings (SSSR count). The summed E-state index contributed by atoms with van der Waals surface area (Å²) in [6, 6.07) is 16.1. The number of hydrogen-bond acceptors (Lipinski definition) is 4. The van der Waals surface area contributed by atoms with E-state index in [4.69, 9.17) is 0 Å². The zero-order chi connectivity index (χ0) is 15.9. The van der Waals surface area contributed by atoms with E-state index in [2.05, 4.69) is 15.5 Å². The topological polar surface area (TPSA) is 74.0 Å². The highest BCUT2D eigenvalue weighted by atomic mass is 16.3. The van der Waals surface area contributed by atoms with E-state index in [1.807, 2.05) is 25.1 Å². The Bertz CT molecular complexity index is 704. The Morgan fingerprint density at radius 2 is 1.68 bits per heavy atom. The maximum atomic E-state index is 11.9. The van der Waals surface area contributed by atoms with Crippen molar-refractivity contribution in [1.82, 2.24) is 5.32 Å². The summed E-state index contributed by atoms with van der Waals surface area (Å²) in [5.41, 5.74) is 2.08. The molecule has 0 saturated heterocycles. The lowest BCUT2D eigenvalue weighted by Gasteiger charge is -2.05. The molecule has 0 fully saturated rings. The van der Waals surface area contributed by atoms with Crippen LogP contribution in [0.4, 0.5) is 5.69 Å². The van der Waals surface area contributed by atoms with Crippen LogP contribution in [0.5, 0.6) is 0 Å². The average molecular weight is 295 g/mol. The quantitative estimate of drug-likeness (QED) is 0.512. The fraction of sp³-hybridized carbons (Fsp3) is 0.118. The van der Waals surface area contributed by atoms with Gasteiger partial charge in [0.05, 0.1) is 5.69 Å². The summed E-state index contributed by atoms with van der Waals surface area (Å²) in [6.07, 6.45) is 0. The minimum absolute atomic E-state index is 0.130. The molecule has 2 N–H and O–H groups in total. The first-order valence-electron chi connectivity index (χ1n) is 6.81. The Morgan fingerprint density at radius 1 is 1.05 bits per heavy atom. The molecule has 0 unspecified atom stereocenters. The number of aliphatic hydroxyl groups excluding tert-OH is 1. The molecule has 0 aromatic heterocycles. The smallest absolute Gasteiger partial charge is 0.275 e. The normalized spacial score (nSPS) is 12.1. The number of aliphatic hydroxyl groups is 1. The maximum absolute atomic E-state index is 11.9. The average Bonchev–Trinajstić information content (AvgIpc) is 2.57. The van der Waals surface area contributed by atoms with Gasteiger partial charge in [-0.3, -0.25) is 4.79 Å². The van der Waals surface area contributed by atoms with Crippen LogP contribution < -0.4 is 5.32 Å². The molecule has 0 saturated carbocycles. The molecule has 0 aliphatic heterocycles. The van der Waals surface area contributed by atoms with Crippen LogP contribution >= 0.6 is 0 Å². The fourth-order valence-electron chi connectivity index (χ4n) is 1.77. The zero-order valence-corrected chi connectivity index (χ0v) is 12.4. The van der Waals surface area contributed by atoms with Gasteiger partial charge < -0.3 is 10.4 Å². The summed E-state index contributed by atoms with van der Waals surface area (Å²) < 4.78 is 0. The number of carbonyl (C=O) groups is 1. The number of aryl methyl sites for hydroxylation is 1. The lowest BCUT2D eigenvalue weighted by molar-refractivity contribution is -0.117. The molecule has 0 radical (unpaired) electrons. The predicted octanol–water partition coefficient (Wildman–Crippen LogP) is 3.75. The van der Waals surface area contributed by atoms with Crippen LogP contribution in [0, 0.1) is 6.92 Å². The van der Waals surface area contributed by atoms with Crippen LogP contribution in [0.3, 0.4) is 0 Å². The van der Waals surface area contributed by atoms with Crippen LogP contribution in [0.25, 0.3) is 5.76 Å². The number of amides is 1. The zero-order valence-electron chi connectivity index (χ0n) is 12.4. The summed E-state index contributed by atoms with van der Waals surface area (Å²) >= 11 is 0. The van der Waals surface area contributed by atoms with Gasteiger partial charge in [0, 0.05) is 12.6 Å². The van der Waals surface area contributed by atoms with Crippen LogP contribution in [-0.2, 0) is 4.79 Å². The standard InChI is InChI=1S/C17H17N3O2/c1-12-8-10-14(11-9-12)19-20-15(17(22)18-2)16(21)13-6-4-3-5-7-13/h3-11,21H,1-2H3,(H,18,22)/b16-15-,20-19?. The van der Waals surface area contributed by atoms with Crippen molar-refractivity contribution < 1.29 is 9.90 Å². The summed E-state index contributed by atoms with van der Waals surface area (Å²) in [4.78, 5) is 11.9. The Morgan fingerprint density at radius 3 is 2.27 bits per heavy atom.